The standard InChI is InChI=1S/C11H15ClN2O4S/c1-8-6-10(14(15)16)7-11(9(8)2)19(17,18)13(3)5-4-12/h6-7H,4-5H2,1-3H3. The number of hydrogen-bond donors (Lipinski definition) is 0. The Labute approximate surface area is 117 Å². The number of non-ortho nitro benzene ring substituents is 1. The smallest absolute Gasteiger partial charge is 0.258 e. The van der Waals surface area contributed by atoms with Crippen LogP contribution in [-0.4, -0.2) is 37.1 Å². The second-order valence-corrected chi connectivity index (χ2v) is 6.55. The zero-order valence-corrected chi connectivity index (χ0v) is 12.5. The first kappa shape index (κ1) is 15.9. The molecule has 0 aromatic heterocycles. The molecule has 1 aromatic carbocycles. The van der Waals surface area contributed by atoms with Crippen LogP contribution in [0.25, 0.3) is 0 Å². The minimum Gasteiger partial charge on any atom is -0.258 e. The highest BCUT2D eigenvalue weighted by atomic mass is 35.5. The van der Waals surface area contributed by atoms with E-state index in [1.807, 2.05) is 0 Å². The van der Waals surface area contributed by atoms with E-state index in [0.29, 0.717) is 11.1 Å². The first-order valence-electron chi connectivity index (χ1n) is 5.49. The fourth-order valence-corrected chi connectivity index (χ4v) is 3.43. The molecule has 1 rings (SSSR count). The molecule has 0 radical (unpaired) electrons. The summed E-state index contributed by atoms with van der Waals surface area (Å²) in [5, 5.41) is 10.8. The highest BCUT2D eigenvalue weighted by Crippen LogP contribution is 2.27. The number of halogens is 1. The number of benzene rings is 1. The van der Waals surface area contributed by atoms with Crippen molar-refractivity contribution in [2.45, 2.75) is 18.7 Å². The molecule has 0 atom stereocenters. The predicted molar refractivity (Wildman–Crippen MR) is 73.1 cm³/mol. The SMILES string of the molecule is Cc1cc([N+](=O)[O-])cc(S(=O)(=O)N(C)CCCl)c1C. The first-order valence-corrected chi connectivity index (χ1v) is 7.47. The molecule has 0 aliphatic carbocycles. The lowest BCUT2D eigenvalue weighted by atomic mass is 10.1. The van der Waals surface area contributed by atoms with Crippen LogP contribution >= 0.6 is 11.6 Å². The highest BCUT2D eigenvalue weighted by molar-refractivity contribution is 7.89. The summed E-state index contributed by atoms with van der Waals surface area (Å²) in [5.41, 5.74) is 0.833. The van der Waals surface area contributed by atoms with Crippen molar-refractivity contribution < 1.29 is 13.3 Å². The predicted octanol–water partition coefficient (Wildman–Crippen LogP) is 2.07. The average molecular weight is 307 g/mol. The first-order chi connectivity index (χ1) is 8.71. The van der Waals surface area contributed by atoms with Crippen LogP contribution in [0.5, 0.6) is 0 Å². The lowest BCUT2D eigenvalue weighted by Gasteiger charge is -2.18. The average Bonchev–Trinajstić information content (AvgIpc) is 2.32. The number of aryl methyl sites for hydroxylation is 1. The molecule has 0 heterocycles. The summed E-state index contributed by atoms with van der Waals surface area (Å²) in [7, 11) is -2.37. The molecule has 0 fully saturated rings. The van der Waals surface area contributed by atoms with Crippen LogP contribution in [0.15, 0.2) is 17.0 Å². The summed E-state index contributed by atoms with van der Waals surface area (Å²) in [4.78, 5) is 10.2. The van der Waals surface area contributed by atoms with Crippen molar-refractivity contribution in [3.05, 3.63) is 33.4 Å². The van der Waals surface area contributed by atoms with Crippen LogP contribution < -0.4 is 0 Å². The van der Waals surface area contributed by atoms with E-state index >= 15 is 0 Å². The summed E-state index contributed by atoms with van der Waals surface area (Å²) in [6, 6.07) is 2.44. The number of nitro benzene ring substituents is 1. The van der Waals surface area contributed by atoms with Gasteiger partial charge in [0.1, 0.15) is 0 Å². The van der Waals surface area contributed by atoms with Gasteiger partial charge in [-0.2, -0.15) is 4.31 Å². The molecule has 6 nitrogen and oxygen atoms in total. The van der Waals surface area contributed by atoms with Gasteiger partial charge >= 0.3 is 0 Å². The molecule has 8 heteroatoms. The summed E-state index contributed by atoms with van der Waals surface area (Å²) in [5.74, 6) is 0.155. The number of hydrogen-bond acceptors (Lipinski definition) is 4. The summed E-state index contributed by atoms with van der Waals surface area (Å²) in [6.45, 7) is 3.41. The zero-order chi connectivity index (χ0) is 14.8. The van der Waals surface area contributed by atoms with E-state index in [1.165, 1.54) is 13.1 Å². The van der Waals surface area contributed by atoms with E-state index in [-0.39, 0.29) is 23.0 Å². The second kappa shape index (κ2) is 5.85. The molecule has 0 N–H and O–H groups in total. The van der Waals surface area contributed by atoms with Gasteiger partial charge in [0, 0.05) is 31.6 Å². The molecular weight excluding hydrogens is 292 g/mol. The summed E-state index contributed by atoms with van der Waals surface area (Å²) >= 11 is 5.53. The molecule has 0 bridgehead atoms. The number of sulfonamides is 1. The lowest BCUT2D eigenvalue weighted by molar-refractivity contribution is -0.385. The van der Waals surface area contributed by atoms with E-state index in [4.69, 9.17) is 11.6 Å². The Morgan fingerprint density at radius 2 is 1.95 bits per heavy atom. The van der Waals surface area contributed by atoms with Crippen LogP contribution in [0.4, 0.5) is 5.69 Å². The van der Waals surface area contributed by atoms with Crippen molar-refractivity contribution in [3.63, 3.8) is 0 Å². The Morgan fingerprint density at radius 1 is 1.37 bits per heavy atom. The van der Waals surface area contributed by atoms with Crippen molar-refractivity contribution in [1.82, 2.24) is 4.31 Å². The van der Waals surface area contributed by atoms with E-state index < -0.39 is 14.9 Å². The number of nitro groups is 1. The van der Waals surface area contributed by atoms with Gasteiger partial charge in [0.05, 0.1) is 9.82 Å². The normalized spacial score (nSPS) is 11.8. The summed E-state index contributed by atoms with van der Waals surface area (Å²) in [6.07, 6.45) is 0. The van der Waals surface area contributed by atoms with Gasteiger partial charge in [-0.3, -0.25) is 10.1 Å². The maximum atomic E-state index is 12.3. The van der Waals surface area contributed by atoms with Gasteiger partial charge in [-0.05, 0) is 25.0 Å². The minimum atomic E-state index is -3.77. The van der Waals surface area contributed by atoms with Gasteiger partial charge in [0.25, 0.3) is 5.69 Å². The lowest BCUT2D eigenvalue weighted by Crippen LogP contribution is -2.29. The van der Waals surface area contributed by atoms with Crippen LogP contribution in [0.2, 0.25) is 0 Å². The molecule has 0 unspecified atom stereocenters. The topological polar surface area (TPSA) is 80.5 Å². The Morgan fingerprint density at radius 3 is 2.42 bits per heavy atom. The van der Waals surface area contributed by atoms with Gasteiger partial charge in [-0.25, -0.2) is 8.42 Å². The molecule has 0 saturated heterocycles. The third kappa shape index (κ3) is 3.23. The number of nitrogens with zero attached hydrogens (tertiary/aromatic N) is 2. The Bertz CT molecular complexity index is 601. The van der Waals surface area contributed by atoms with Gasteiger partial charge in [-0.1, -0.05) is 0 Å². The van der Waals surface area contributed by atoms with Gasteiger partial charge in [0.2, 0.25) is 10.0 Å². The third-order valence-electron chi connectivity index (χ3n) is 2.90. The Hall–Kier alpha value is -1.18. The fraction of sp³-hybridized carbons (Fsp3) is 0.455. The quantitative estimate of drug-likeness (QED) is 0.474. The second-order valence-electron chi connectivity index (χ2n) is 4.16. The molecular formula is C11H15ClN2O4S. The van der Waals surface area contributed by atoms with Gasteiger partial charge < -0.3 is 0 Å². The maximum Gasteiger partial charge on any atom is 0.271 e. The molecule has 0 aliphatic heterocycles. The molecule has 1 aromatic rings. The van der Waals surface area contributed by atoms with Crippen molar-refractivity contribution in [2.24, 2.45) is 0 Å². The largest absolute Gasteiger partial charge is 0.271 e. The van der Waals surface area contributed by atoms with Gasteiger partial charge in [0.15, 0.2) is 0 Å². The van der Waals surface area contributed by atoms with Crippen molar-refractivity contribution in [1.29, 1.82) is 0 Å². The molecule has 0 aliphatic rings. The Balaban J connectivity index is 3.45. The van der Waals surface area contributed by atoms with E-state index in [9.17, 15) is 18.5 Å². The fourth-order valence-electron chi connectivity index (χ4n) is 1.59. The van der Waals surface area contributed by atoms with Crippen molar-refractivity contribution in [3.8, 4) is 0 Å². The highest BCUT2D eigenvalue weighted by Gasteiger charge is 2.25. The molecule has 0 spiro atoms. The Kier molecular flexibility index (Phi) is 4.89. The molecule has 106 valence electrons. The van der Waals surface area contributed by atoms with Crippen LogP contribution in [0.3, 0.4) is 0 Å². The number of rotatable bonds is 5. The van der Waals surface area contributed by atoms with Crippen LogP contribution in [0.1, 0.15) is 11.1 Å². The minimum absolute atomic E-state index is 0.0492. The monoisotopic (exact) mass is 306 g/mol. The van der Waals surface area contributed by atoms with Gasteiger partial charge in [-0.15, -0.1) is 11.6 Å². The molecule has 0 amide bonds. The third-order valence-corrected chi connectivity index (χ3v) is 5.06. The van der Waals surface area contributed by atoms with Crippen molar-refractivity contribution in [2.75, 3.05) is 19.5 Å². The van der Waals surface area contributed by atoms with Crippen LogP contribution in [-0.2, 0) is 10.0 Å². The summed E-state index contributed by atoms with van der Waals surface area (Å²) < 4.78 is 25.7. The van der Waals surface area contributed by atoms with E-state index in [1.54, 1.807) is 13.8 Å². The van der Waals surface area contributed by atoms with E-state index in [0.717, 1.165) is 10.4 Å². The number of alkyl halides is 1. The molecule has 0 saturated carbocycles. The van der Waals surface area contributed by atoms with Crippen LogP contribution in [0, 0.1) is 24.0 Å². The van der Waals surface area contributed by atoms with Crippen molar-refractivity contribution >= 4 is 27.3 Å². The molecule has 19 heavy (non-hydrogen) atoms. The maximum absolute atomic E-state index is 12.3. The zero-order valence-electron chi connectivity index (χ0n) is 10.9. The van der Waals surface area contributed by atoms with E-state index in [2.05, 4.69) is 0 Å².